The van der Waals surface area contributed by atoms with Crippen molar-refractivity contribution in [2.45, 2.75) is 0 Å². The number of hydrogen-bond acceptors (Lipinski definition) is 2. The Labute approximate surface area is 98.9 Å². The molecule has 1 heterocycles. The number of nitrogens with two attached hydrogens (primary N) is 2. The fourth-order valence-corrected chi connectivity index (χ4v) is 2.32. The summed E-state index contributed by atoms with van der Waals surface area (Å²) in [6.07, 6.45) is 1.76. The predicted octanol–water partition coefficient (Wildman–Crippen LogP) is 3.06. The van der Waals surface area contributed by atoms with Crippen molar-refractivity contribution in [3.8, 4) is 0 Å². The molecule has 1 aromatic heterocycles. The number of aromatic nitrogens is 1. The number of para-hydroxylation sites is 1. The van der Waals surface area contributed by atoms with Gasteiger partial charge in [0.05, 0.1) is 22.4 Å². The third-order valence-corrected chi connectivity index (χ3v) is 3.13. The number of nitrogens with zero attached hydrogens (tertiary/aromatic N) is 1. The van der Waals surface area contributed by atoms with Crippen molar-refractivity contribution in [3.05, 3.63) is 43.0 Å². The number of hydrogen-bond donors (Lipinski definition) is 2. The maximum absolute atomic E-state index is 6.06. The van der Waals surface area contributed by atoms with E-state index in [-0.39, 0.29) is 0 Å². The van der Waals surface area contributed by atoms with E-state index >= 15 is 0 Å². The van der Waals surface area contributed by atoms with E-state index in [0.29, 0.717) is 11.4 Å². The van der Waals surface area contributed by atoms with Gasteiger partial charge in [-0.25, -0.2) is 0 Å². The highest BCUT2D eigenvalue weighted by Gasteiger charge is 2.12. The van der Waals surface area contributed by atoms with Crippen LogP contribution in [0, 0.1) is 0 Å². The maximum Gasteiger partial charge on any atom is 0.0798 e. The third kappa shape index (κ3) is 1.16. The quantitative estimate of drug-likeness (QED) is 0.623. The Morgan fingerprint density at radius 2 is 1.76 bits per heavy atom. The van der Waals surface area contributed by atoms with E-state index in [1.54, 1.807) is 6.20 Å². The SMILES string of the molecule is C=Cn1c2ccccc2c2ccc(N)c(N)c21. The van der Waals surface area contributed by atoms with Crippen LogP contribution < -0.4 is 11.5 Å². The molecule has 0 aliphatic carbocycles. The fourth-order valence-electron chi connectivity index (χ4n) is 2.32. The van der Waals surface area contributed by atoms with Crippen molar-refractivity contribution in [2.24, 2.45) is 0 Å². The van der Waals surface area contributed by atoms with Crippen LogP contribution in [0.3, 0.4) is 0 Å². The zero-order chi connectivity index (χ0) is 12.0. The van der Waals surface area contributed by atoms with Crippen molar-refractivity contribution in [1.82, 2.24) is 4.57 Å². The molecular formula is C14H13N3. The molecule has 0 fully saturated rings. The molecule has 4 N–H and O–H groups in total. The first-order chi connectivity index (χ1) is 8.24. The molecule has 3 rings (SSSR count). The lowest BCUT2D eigenvalue weighted by Crippen LogP contribution is -1.97. The Hall–Kier alpha value is -2.42. The Kier molecular flexibility index (Phi) is 1.89. The molecule has 0 atom stereocenters. The van der Waals surface area contributed by atoms with Crippen LogP contribution in [-0.4, -0.2) is 4.57 Å². The highest BCUT2D eigenvalue weighted by molar-refractivity contribution is 6.14. The number of anilines is 2. The van der Waals surface area contributed by atoms with E-state index in [0.717, 1.165) is 21.8 Å². The lowest BCUT2D eigenvalue weighted by Gasteiger charge is -2.04. The number of rotatable bonds is 1. The van der Waals surface area contributed by atoms with Crippen LogP contribution in [0.15, 0.2) is 43.0 Å². The number of nitrogen functional groups attached to an aromatic ring is 2. The lowest BCUT2D eigenvalue weighted by molar-refractivity contribution is 1.30. The summed E-state index contributed by atoms with van der Waals surface area (Å²) < 4.78 is 1.98. The second-order valence-corrected chi connectivity index (χ2v) is 4.03. The normalized spacial score (nSPS) is 11.1. The summed E-state index contributed by atoms with van der Waals surface area (Å²) in [5.41, 5.74) is 15.2. The topological polar surface area (TPSA) is 57.0 Å². The van der Waals surface area contributed by atoms with Gasteiger partial charge in [0.15, 0.2) is 0 Å². The standard InChI is InChI=1S/C14H13N3/c1-2-17-12-6-4-3-5-9(12)10-7-8-11(15)13(16)14(10)17/h2-8H,1,15-16H2. The molecule has 0 saturated carbocycles. The summed E-state index contributed by atoms with van der Waals surface area (Å²) in [5, 5.41) is 2.27. The van der Waals surface area contributed by atoms with Crippen LogP contribution in [0.25, 0.3) is 28.0 Å². The van der Waals surface area contributed by atoms with Gasteiger partial charge in [-0.05, 0) is 18.2 Å². The molecular weight excluding hydrogens is 210 g/mol. The van der Waals surface area contributed by atoms with Gasteiger partial charge in [0.1, 0.15) is 0 Å². The van der Waals surface area contributed by atoms with Crippen LogP contribution in [0.4, 0.5) is 11.4 Å². The Balaban J connectivity index is 2.68. The highest BCUT2D eigenvalue weighted by Crippen LogP contribution is 2.35. The molecule has 0 bridgehead atoms. The smallest absolute Gasteiger partial charge is 0.0798 e. The van der Waals surface area contributed by atoms with Gasteiger partial charge in [0, 0.05) is 17.0 Å². The van der Waals surface area contributed by atoms with Gasteiger partial charge in [0.25, 0.3) is 0 Å². The zero-order valence-electron chi connectivity index (χ0n) is 9.35. The van der Waals surface area contributed by atoms with Crippen molar-refractivity contribution in [2.75, 3.05) is 11.5 Å². The molecule has 17 heavy (non-hydrogen) atoms. The van der Waals surface area contributed by atoms with Crippen LogP contribution in [0.2, 0.25) is 0 Å². The second-order valence-electron chi connectivity index (χ2n) is 4.03. The number of benzene rings is 2. The molecule has 0 saturated heterocycles. The van der Waals surface area contributed by atoms with Gasteiger partial charge in [0.2, 0.25) is 0 Å². The second kappa shape index (κ2) is 3.28. The molecule has 84 valence electrons. The van der Waals surface area contributed by atoms with Gasteiger partial charge >= 0.3 is 0 Å². The Morgan fingerprint density at radius 1 is 1.00 bits per heavy atom. The van der Waals surface area contributed by atoms with Gasteiger partial charge in [-0.3, -0.25) is 0 Å². The summed E-state index contributed by atoms with van der Waals surface area (Å²) in [6, 6.07) is 12.0. The summed E-state index contributed by atoms with van der Waals surface area (Å²) in [7, 11) is 0. The van der Waals surface area contributed by atoms with Crippen LogP contribution in [-0.2, 0) is 0 Å². The van der Waals surface area contributed by atoms with Gasteiger partial charge in [-0.15, -0.1) is 0 Å². The number of fused-ring (bicyclic) bond motifs is 3. The molecule has 0 amide bonds. The summed E-state index contributed by atoms with van der Waals surface area (Å²) in [5.74, 6) is 0. The predicted molar refractivity (Wildman–Crippen MR) is 74.7 cm³/mol. The van der Waals surface area contributed by atoms with Crippen molar-refractivity contribution >= 4 is 39.4 Å². The average molecular weight is 223 g/mol. The first-order valence-electron chi connectivity index (χ1n) is 5.43. The first-order valence-corrected chi connectivity index (χ1v) is 5.43. The molecule has 0 aliphatic heterocycles. The summed E-state index contributed by atoms with van der Waals surface area (Å²) >= 11 is 0. The van der Waals surface area contributed by atoms with Gasteiger partial charge in [-0.1, -0.05) is 24.8 Å². The van der Waals surface area contributed by atoms with E-state index in [2.05, 4.69) is 12.6 Å². The van der Waals surface area contributed by atoms with E-state index in [1.807, 2.05) is 34.9 Å². The van der Waals surface area contributed by atoms with Gasteiger partial charge < -0.3 is 16.0 Å². The molecule has 3 heteroatoms. The van der Waals surface area contributed by atoms with Crippen molar-refractivity contribution < 1.29 is 0 Å². The van der Waals surface area contributed by atoms with E-state index in [9.17, 15) is 0 Å². The molecule has 3 aromatic rings. The molecule has 3 nitrogen and oxygen atoms in total. The third-order valence-electron chi connectivity index (χ3n) is 3.13. The molecule has 0 aliphatic rings. The maximum atomic E-state index is 6.06. The molecule has 0 spiro atoms. The summed E-state index contributed by atoms with van der Waals surface area (Å²) in [6.45, 7) is 3.84. The molecule has 2 aromatic carbocycles. The molecule has 0 unspecified atom stereocenters. The summed E-state index contributed by atoms with van der Waals surface area (Å²) in [4.78, 5) is 0. The van der Waals surface area contributed by atoms with Crippen molar-refractivity contribution in [1.29, 1.82) is 0 Å². The largest absolute Gasteiger partial charge is 0.397 e. The van der Waals surface area contributed by atoms with E-state index in [1.165, 1.54) is 0 Å². The van der Waals surface area contributed by atoms with Gasteiger partial charge in [-0.2, -0.15) is 0 Å². The van der Waals surface area contributed by atoms with Crippen LogP contribution in [0.1, 0.15) is 0 Å². The van der Waals surface area contributed by atoms with Crippen molar-refractivity contribution in [3.63, 3.8) is 0 Å². The minimum Gasteiger partial charge on any atom is -0.397 e. The first kappa shape index (κ1) is 9.78. The molecule has 0 radical (unpaired) electrons. The Morgan fingerprint density at radius 3 is 2.53 bits per heavy atom. The Bertz CT molecular complexity index is 738. The minimum atomic E-state index is 0.600. The highest BCUT2D eigenvalue weighted by atomic mass is 15.0. The fraction of sp³-hybridized carbons (Fsp3) is 0. The zero-order valence-corrected chi connectivity index (χ0v) is 9.35. The minimum absolute atomic E-state index is 0.600. The average Bonchev–Trinajstić information content (AvgIpc) is 2.68. The van der Waals surface area contributed by atoms with E-state index < -0.39 is 0 Å². The van der Waals surface area contributed by atoms with Crippen LogP contribution >= 0.6 is 0 Å². The van der Waals surface area contributed by atoms with Crippen LogP contribution in [0.5, 0.6) is 0 Å². The monoisotopic (exact) mass is 223 g/mol. The lowest BCUT2D eigenvalue weighted by atomic mass is 10.1. The van der Waals surface area contributed by atoms with E-state index in [4.69, 9.17) is 11.5 Å².